The number of hydrogen-bond acceptors (Lipinski definition) is 3. The normalized spacial score (nSPS) is 11.4. The van der Waals surface area contributed by atoms with Crippen molar-refractivity contribution in [1.82, 2.24) is 4.57 Å². The molecule has 0 aliphatic rings. The Hall–Kier alpha value is -1.37. The largest absolute Gasteiger partial charge is 0.495 e. The molecule has 0 unspecified atom stereocenters. The quantitative estimate of drug-likeness (QED) is 0.875. The molecule has 4 nitrogen and oxygen atoms in total. The average molecular weight is 308 g/mol. The Balaban J connectivity index is 2.67. The van der Waals surface area contributed by atoms with Crippen molar-refractivity contribution in [2.45, 2.75) is 13.0 Å². The Bertz CT molecular complexity index is 605. The first-order valence-corrected chi connectivity index (χ1v) is 5.47. The zero-order valence-electron chi connectivity index (χ0n) is 8.75. The van der Waals surface area contributed by atoms with Gasteiger partial charge in [-0.3, -0.25) is 4.57 Å². The number of nitrogens with zero attached hydrogens (tertiary/aromatic N) is 1. The Morgan fingerprint density at radius 1 is 1.53 bits per heavy atom. The summed E-state index contributed by atoms with van der Waals surface area (Å²) in [6.45, 7) is -0.698. The van der Waals surface area contributed by atoms with Crippen LogP contribution >= 0.6 is 15.9 Å². The lowest BCUT2D eigenvalue weighted by molar-refractivity contribution is 0.125. The van der Waals surface area contributed by atoms with Crippen molar-refractivity contribution >= 4 is 27.0 Å². The Morgan fingerprint density at radius 2 is 2.24 bits per heavy atom. The zero-order valence-corrected chi connectivity index (χ0v) is 10.3. The summed E-state index contributed by atoms with van der Waals surface area (Å²) >= 11 is 3.22. The van der Waals surface area contributed by atoms with E-state index in [1.807, 2.05) is 0 Å². The Labute approximate surface area is 103 Å². The van der Waals surface area contributed by atoms with Crippen molar-refractivity contribution in [1.29, 1.82) is 0 Å². The van der Waals surface area contributed by atoms with Crippen LogP contribution in [0.4, 0.5) is 8.78 Å². The van der Waals surface area contributed by atoms with E-state index in [0.717, 1.165) is 4.57 Å². The molecule has 0 aliphatic carbocycles. The number of ether oxygens (including phenoxy) is 1. The maximum Gasteiger partial charge on any atom is 0.420 e. The van der Waals surface area contributed by atoms with Crippen LogP contribution in [-0.4, -0.2) is 18.1 Å². The highest BCUT2D eigenvalue weighted by atomic mass is 79.9. The van der Waals surface area contributed by atoms with E-state index in [4.69, 9.17) is 9.15 Å². The summed E-state index contributed by atoms with van der Waals surface area (Å²) in [6, 6.07) is 2.99. The smallest absolute Gasteiger partial charge is 0.420 e. The van der Waals surface area contributed by atoms with Crippen LogP contribution in [0.5, 0.6) is 5.75 Å². The van der Waals surface area contributed by atoms with Gasteiger partial charge >= 0.3 is 5.76 Å². The molecule has 0 radical (unpaired) electrons. The van der Waals surface area contributed by atoms with Crippen LogP contribution in [0.1, 0.15) is 0 Å². The van der Waals surface area contributed by atoms with Crippen LogP contribution in [0.25, 0.3) is 11.1 Å². The Morgan fingerprint density at radius 3 is 2.82 bits per heavy atom. The molecule has 2 rings (SSSR count). The maximum atomic E-state index is 12.3. The lowest BCUT2D eigenvalue weighted by Gasteiger charge is -2.04. The average Bonchev–Trinajstić information content (AvgIpc) is 2.53. The molecule has 0 aliphatic heterocycles. The van der Waals surface area contributed by atoms with Crippen LogP contribution < -0.4 is 10.5 Å². The number of oxazole rings is 1. The number of hydrogen-bond donors (Lipinski definition) is 0. The van der Waals surface area contributed by atoms with E-state index < -0.39 is 18.7 Å². The molecular formula is C10H8BrF2NO3. The highest BCUT2D eigenvalue weighted by Crippen LogP contribution is 2.29. The highest BCUT2D eigenvalue weighted by Gasteiger charge is 2.15. The molecule has 0 saturated heterocycles. The van der Waals surface area contributed by atoms with Gasteiger partial charge < -0.3 is 9.15 Å². The molecule has 2 aromatic rings. The standard InChI is InChI=1S/C10H8BrF2NO3/c1-16-7-3-6-8(2-5(7)11)17-10(15)14(6)4-9(12)13/h2-3,9H,4H2,1H3. The third kappa shape index (κ3) is 2.19. The number of methoxy groups -OCH3 is 1. The van der Waals surface area contributed by atoms with Gasteiger partial charge in [0.1, 0.15) is 5.75 Å². The molecule has 1 aromatic heterocycles. The second-order valence-electron chi connectivity index (χ2n) is 3.32. The highest BCUT2D eigenvalue weighted by molar-refractivity contribution is 9.10. The molecule has 0 spiro atoms. The predicted octanol–water partition coefficient (Wildman–Crippen LogP) is 2.63. The molecule has 0 fully saturated rings. The van der Waals surface area contributed by atoms with E-state index in [0.29, 0.717) is 10.2 Å². The summed E-state index contributed by atoms with van der Waals surface area (Å²) in [7, 11) is 1.45. The topological polar surface area (TPSA) is 44.4 Å². The minimum Gasteiger partial charge on any atom is -0.495 e. The van der Waals surface area contributed by atoms with Gasteiger partial charge in [0.25, 0.3) is 6.43 Å². The molecule has 0 amide bonds. The van der Waals surface area contributed by atoms with Gasteiger partial charge in [-0.1, -0.05) is 0 Å². The molecule has 0 saturated carbocycles. The third-order valence-corrected chi connectivity index (χ3v) is 2.88. The van der Waals surface area contributed by atoms with Crippen molar-refractivity contribution in [3.63, 3.8) is 0 Å². The number of fused-ring (bicyclic) bond motifs is 1. The van der Waals surface area contributed by atoms with Crippen molar-refractivity contribution in [3.8, 4) is 5.75 Å². The molecule has 1 heterocycles. The van der Waals surface area contributed by atoms with E-state index in [9.17, 15) is 13.6 Å². The van der Waals surface area contributed by atoms with E-state index >= 15 is 0 Å². The van der Waals surface area contributed by atoms with Gasteiger partial charge in [0.2, 0.25) is 0 Å². The van der Waals surface area contributed by atoms with Gasteiger partial charge in [0.15, 0.2) is 5.58 Å². The number of alkyl halides is 2. The van der Waals surface area contributed by atoms with Gasteiger partial charge in [-0.15, -0.1) is 0 Å². The fraction of sp³-hybridized carbons (Fsp3) is 0.300. The van der Waals surface area contributed by atoms with E-state index in [2.05, 4.69) is 15.9 Å². The van der Waals surface area contributed by atoms with E-state index in [-0.39, 0.29) is 11.1 Å². The first-order valence-electron chi connectivity index (χ1n) is 4.68. The van der Waals surface area contributed by atoms with Crippen LogP contribution in [-0.2, 0) is 6.54 Å². The van der Waals surface area contributed by atoms with E-state index in [1.165, 1.54) is 19.2 Å². The van der Waals surface area contributed by atoms with Crippen molar-refractivity contribution < 1.29 is 17.9 Å². The van der Waals surface area contributed by atoms with E-state index in [1.54, 1.807) is 0 Å². The number of benzene rings is 1. The molecule has 0 N–H and O–H groups in total. The summed E-state index contributed by atoms with van der Waals surface area (Å²) in [5.41, 5.74) is 0.527. The molecule has 1 aromatic carbocycles. The van der Waals surface area contributed by atoms with Crippen molar-refractivity contribution in [3.05, 3.63) is 27.2 Å². The monoisotopic (exact) mass is 307 g/mol. The molecule has 0 atom stereocenters. The van der Waals surface area contributed by atoms with Gasteiger partial charge in [0.05, 0.1) is 23.6 Å². The fourth-order valence-corrected chi connectivity index (χ4v) is 2.02. The first-order chi connectivity index (χ1) is 8.02. The second kappa shape index (κ2) is 4.48. The lowest BCUT2D eigenvalue weighted by atomic mass is 10.3. The number of rotatable bonds is 3. The summed E-state index contributed by atoms with van der Waals surface area (Å²) in [6.07, 6.45) is -2.62. The zero-order chi connectivity index (χ0) is 12.6. The summed E-state index contributed by atoms with van der Waals surface area (Å²) in [4.78, 5) is 11.4. The summed E-state index contributed by atoms with van der Waals surface area (Å²) in [5, 5.41) is 0. The second-order valence-corrected chi connectivity index (χ2v) is 4.18. The van der Waals surface area contributed by atoms with Gasteiger partial charge in [-0.05, 0) is 15.9 Å². The van der Waals surface area contributed by atoms with Gasteiger partial charge in [-0.25, -0.2) is 13.6 Å². The molecule has 92 valence electrons. The predicted molar refractivity (Wildman–Crippen MR) is 60.7 cm³/mol. The number of aromatic nitrogens is 1. The summed E-state index contributed by atoms with van der Waals surface area (Å²) in [5.74, 6) is -0.359. The van der Waals surface area contributed by atoms with Crippen LogP contribution in [0.3, 0.4) is 0 Å². The minimum absolute atomic E-state index is 0.239. The lowest BCUT2D eigenvalue weighted by Crippen LogP contribution is -2.18. The molecular weight excluding hydrogens is 300 g/mol. The molecule has 0 bridgehead atoms. The first kappa shape index (κ1) is 12.1. The van der Waals surface area contributed by atoms with Crippen LogP contribution in [0.15, 0.2) is 25.8 Å². The van der Waals surface area contributed by atoms with Crippen molar-refractivity contribution in [2.75, 3.05) is 7.11 Å². The maximum absolute atomic E-state index is 12.3. The van der Waals surface area contributed by atoms with Crippen molar-refractivity contribution in [2.24, 2.45) is 0 Å². The molecule has 7 heteroatoms. The van der Waals surface area contributed by atoms with Gasteiger partial charge in [0, 0.05) is 12.1 Å². The van der Waals surface area contributed by atoms with Gasteiger partial charge in [-0.2, -0.15) is 0 Å². The number of halogens is 3. The Kier molecular flexibility index (Phi) is 3.19. The molecule has 17 heavy (non-hydrogen) atoms. The minimum atomic E-state index is -2.62. The van der Waals surface area contributed by atoms with Crippen LogP contribution in [0.2, 0.25) is 0 Å². The summed E-state index contributed by atoms with van der Waals surface area (Å²) < 4.78 is 36.0. The SMILES string of the molecule is COc1cc2c(cc1Br)oc(=O)n2CC(F)F. The third-order valence-electron chi connectivity index (χ3n) is 2.26. The fourth-order valence-electron chi connectivity index (χ4n) is 1.53. The van der Waals surface area contributed by atoms with Crippen LogP contribution in [0, 0.1) is 0 Å².